The summed E-state index contributed by atoms with van der Waals surface area (Å²) in [5, 5.41) is 2.92. The molecule has 0 bridgehead atoms. The summed E-state index contributed by atoms with van der Waals surface area (Å²) < 4.78 is 0. The minimum Gasteiger partial charge on any atom is -0.350 e. The molecule has 0 aliphatic heterocycles. The smallest absolute Gasteiger partial charge is 0.254 e. The maximum Gasteiger partial charge on any atom is 0.254 e. The number of hydrogen-bond donors (Lipinski definition) is 2. The zero-order valence-electron chi connectivity index (χ0n) is 21.5. The first-order valence-electron chi connectivity index (χ1n) is 12.6. The molecule has 1 atom stereocenters. The molecule has 35 heavy (non-hydrogen) atoms. The van der Waals surface area contributed by atoms with E-state index in [2.05, 4.69) is 5.32 Å². The van der Waals surface area contributed by atoms with Crippen molar-refractivity contribution in [1.29, 1.82) is 0 Å². The molecule has 0 saturated heterocycles. The normalized spacial score (nSPS) is 11.6. The van der Waals surface area contributed by atoms with Gasteiger partial charge in [0.2, 0.25) is 5.91 Å². The van der Waals surface area contributed by atoms with Crippen LogP contribution in [0.15, 0.2) is 48.5 Å². The van der Waals surface area contributed by atoms with Gasteiger partial charge in [-0.2, -0.15) is 0 Å². The average molecular weight is 481 g/mol. The summed E-state index contributed by atoms with van der Waals surface area (Å²) in [4.78, 5) is 43.1. The number of carbonyl (C=O) groups excluding carboxylic acids is 3. The van der Waals surface area contributed by atoms with Crippen LogP contribution >= 0.6 is 0 Å². The van der Waals surface area contributed by atoms with Gasteiger partial charge in [0.05, 0.1) is 0 Å². The van der Waals surface area contributed by atoms with E-state index in [0.717, 1.165) is 24.0 Å². The average Bonchev–Trinajstić information content (AvgIpc) is 2.86. The van der Waals surface area contributed by atoms with E-state index in [1.165, 1.54) is 0 Å². The van der Waals surface area contributed by atoms with Crippen molar-refractivity contribution in [3.8, 4) is 0 Å². The van der Waals surface area contributed by atoms with Gasteiger partial charge in [-0.25, -0.2) is 0 Å². The fraction of sp³-hybridized carbons (Fsp3) is 0.464. The van der Waals surface area contributed by atoms with E-state index in [4.69, 9.17) is 5.73 Å². The molecule has 0 saturated carbocycles. The van der Waals surface area contributed by atoms with Crippen LogP contribution in [0.4, 0.5) is 0 Å². The molecule has 0 fully saturated rings. The number of nitrogens with zero attached hydrogens (tertiary/aromatic N) is 2. The van der Waals surface area contributed by atoms with Crippen LogP contribution in [0.3, 0.4) is 0 Å². The van der Waals surface area contributed by atoms with Crippen LogP contribution in [0.2, 0.25) is 0 Å². The molecular formula is C28H40N4O3. The minimum atomic E-state index is -0.686. The van der Waals surface area contributed by atoms with Crippen molar-refractivity contribution in [2.24, 2.45) is 5.73 Å². The van der Waals surface area contributed by atoms with Crippen LogP contribution in [-0.2, 0) is 11.3 Å². The van der Waals surface area contributed by atoms with E-state index in [9.17, 15) is 14.4 Å². The molecule has 3 amide bonds. The molecule has 2 aromatic rings. The molecule has 7 heteroatoms. The lowest BCUT2D eigenvalue weighted by atomic mass is 10.0. The van der Waals surface area contributed by atoms with Gasteiger partial charge in [0.15, 0.2) is 0 Å². The number of aryl methyl sites for hydroxylation is 1. The third kappa shape index (κ3) is 8.21. The van der Waals surface area contributed by atoms with E-state index in [0.29, 0.717) is 50.3 Å². The second kappa shape index (κ2) is 14.3. The first-order chi connectivity index (χ1) is 16.8. The van der Waals surface area contributed by atoms with Gasteiger partial charge in [-0.05, 0) is 69.0 Å². The highest BCUT2D eigenvalue weighted by molar-refractivity contribution is 6.01. The van der Waals surface area contributed by atoms with Gasteiger partial charge in [-0.15, -0.1) is 0 Å². The third-order valence-corrected chi connectivity index (χ3v) is 5.87. The Morgan fingerprint density at radius 1 is 0.914 bits per heavy atom. The van der Waals surface area contributed by atoms with E-state index >= 15 is 0 Å². The van der Waals surface area contributed by atoms with Crippen molar-refractivity contribution in [3.63, 3.8) is 0 Å². The Bertz CT molecular complexity index is 971. The summed E-state index contributed by atoms with van der Waals surface area (Å²) in [6.07, 6.45) is 2.30. The summed E-state index contributed by atoms with van der Waals surface area (Å²) in [7, 11) is 0. The van der Waals surface area contributed by atoms with Gasteiger partial charge < -0.3 is 20.9 Å². The van der Waals surface area contributed by atoms with Gasteiger partial charge in [-0.1, -0.05) is 44.2 Å². The SMILES string of the molecule is CCCN(CCC)C(=O)c1cc(C)cc(C(=O)N(CCCN)C(C)C(=O)NCc2ccccc2)c1. The Labute approximate surface area is 209 Å². The highest BCUT2D eigenvalue weighted by Gasteiger charge is 2.27. The molecule has 2 aromatic carbocycles. The summed E-state index contributed by atoms with van der Waals surface area (Å²) in [6.45, 7) is 10.2. The van der Waals surface area contributed by atoms with Crippen LogP contribution in [-0.4, -0.2) is 59.7 Å². The molecule has 0 heterocycles. The Kier molecular flexibility index (Phi) is 11.4. The lowest BCUT2D eigenvalue weighted by Crippen LogP contribution is -2.48. The standard InChI is InChI=1S/C28H40N4O3/c1-5-14-31(15-6-2)27(34)24-17-21(3)18-25(19-24)28(35)32(16-10-13-29)22(4)26(33)30-20-23-11-8-7-9-12-23/h7-9,11-12,17-19,22H,5-6,10,13-16,20,29H2,1-4H3,(H,30,33). The van der Waals surface area contributed by atoms with E-state index in [1.807, 2.05) is 62.1 Å². The molecule has 0 aliphatic carbocycles. The Hall–Kier alpha value is -3.19. The fourth-order valence-corrected chi connectivity index (χ4v) is 4.04. The molecule has 2 rings (SSSR count). The molecule has 0 aliphatic rings. The predicted molar refractivity (Wildman–Crippen MR) is 140 cm³/mol. The second-order valence-corrected chi connectivity index (χ2v) is 8.90. The van der Waals surface area contributed by atoms with Crippen molar-refractivity contribution in [1.82, 2.24) is 15.1 Å². The van der Waals surface area contributed by atoms with E-state index < -0.39 is 6.04 Å². The van der Waals surface area contributed by atoms with E-state index in [-0.39, 0.29) is 17.7 Å². The number of carbonyl (C=O) groups is 3. The van der Waals surface area contributed by atoms with Crippen LogP contribution in [0.25, 0.3) is 0 Å². The highest BCUT2D eigenvalue weighted by atomic mass is 16.2. The topological polar surface area (TPSA) is 95.7 Å². The monoisotopic (exact) mass is 480 g/mol. The first kappa shape index (κ1) is 28.1. The van der Waals surface area contributed by atoms with Crippen molar-refractivity contribution in [2.75, 3.05) is 26.2 Å². The van der Waals surface area contributed by atoms with Crippen molar-refractivity contribution >= 4 is 17.7 Å². The number of amides is 3. The molecule has 7 nitrogen and oxygen atoms in total. The van der Waals surface area contributed by atoms with Crippen LogP contribution in [0.5, 0.6) is 0 Å². The van der Waals surface area contributed by atoms with Crippen molar-refractivity contribution in [3.05, 3.63) is 70.8 Å². The van der Waals surface area contributed by atoms with Crippen molar-refractivity contribution in [2.45, 2.75) is 59.5 Å². The number of nitrogens with two attached hydrogens (primary N) is 1. The van der Waals surface area contributed by atoms with Crippen LogP contribution < -0.4 is 11.1 Å². The van der Waals surface area contributed by atoms with E-state index in [1.54, 1.807) is 24.0 Å². The lowest BCUT2D eigenvalue weighted by Gasteiger charge is -2.29. The molecule has 1 unspecified atom stereocenters. The highest BCUT2D eigenvalue weighted by Crippen LogP contribution is 2.17. The van der Waals surface area contributed by atoms with Gasteiger partial charge in [0, 0.05) is 37.3 Å². The van der Waals surface area contributed by atoms with Gasteiger partial charge >= 0.3 is 0 Å². The quantitative estimate of drug-likeness (QED) is 0.456. The number of benzene rings is 2. The fourth-order valence-electron chi connectivity index (χ4n) is 4.04. The number of rotatable bonds is 13. The first-order valence-corrected chi connectivity index (χ1v) is 12.6. The van der Waals surface area contributed by atoms with Gasteiger partial charge in [0.1, 0.15) is 6.04 Å². The molecule has 0 aromatic heterocycles. The minimum absolute atomic E-state index is 0.0754. The summed E-state index contributed by atoms with van der Waals surface area (Å²) >= 11 is 0. The second-order valence-electron chi connectivity index (χ2n) is 8.90. The molecule has 0 spiro atoms. The summed E-state index contributed by atoms with van der Waals surface area (Å²) in [6, 6.07) is 14.2. The number of nitrogens with one attached hydrogen (secondary N) is 1. The zero-order valence-corrected chi connectivity index (χ0v) is 21.5. The summed E-state index contributed by atoms with van der Waals surface area (Å²) in [5.74, 6) is -0.593. The molecule has 0 radical (unpaired) electrons. The Morgan fingerprint density at radius 3 is 2.09 bits per heavy atom. The van der Waals surface area contributed by atoms with Gasteiger partial charge in [-0.3, -0.25) is 14.4 Å². The van der Waals surface area contributed by atoms with Crippen LogP contribution in [0, 0.1) is 6.92 Å². The number of hydrogen-bond acceptors (Lipinski definition) is 4. The maximum absolute atomic E-state index is 13.6. The molecular weight excluding hydrogens is 440 g/mol. The molecule has 190 valence electrons. The third-order valence-electron chi connectivity index (χ3n) is 5.87. The zero-order chi connectivity index (χ0) is 25.8. The maximum atomic E-state index is 13.6. The van der Waals surface area contributed by atoms with Gasteiger partial charge in [0.25, 0.3) is 11.8 Å². The Balaban J connectivity index is 2.26. The van der Waals surface area contributed by atoms with Crippen molar-refractivity contribution < 1.29 is 14.4 Å². The largest absolute Gasteiger partial charge is 0.350 e. The lowest BCUT2D eigenvalue weighted by molar-refractivity contribution is -0.125. The Morgan fingerprint density at radius 2 is 1.51 bits per heavy atom. The predicted octanol–water partition coefficient (Wildman–Crippen LogP) is 3.75. The van der Waals surface area contributed by atoms with Crippen LogP contribution in [0.1, 0.15) is 71.9 Å². The molecule has 3 N–H and O–H groups in total. The summed E-state index contributed by atoms with van der Waals surface area (Å²) in [5.41, 5.74) is 8.43.